The molecule has 0 aromatic heterocycles. The first-order valence-corrected chi connectivity index (χ1v) is 5.57. The average Bonchev–Trinajstić information content (AvgIpc) is 2.20. The molecule has 0 rings (SSSR count). The van der Waals surface area contributed by atoms with Crippen LogP contribution in [0.5, 0.6) is 0 Å². The summed E-state index contributed by atoms with van der Waals surface area (Å²) in [6, 6.07) is 0. The van der Waals surface area contributed by atoms with E-state index in [1.807, 2.05) is 6.92 Å². The van der Waals surface area contributed by atoms with Crippen molar-refractivity contribution in [3.8, 4) is 0 Å². The highest BCUT2D eigenvalue weighted by atomic mass is 15.2. The number of hydrogen-bond acceptors (Lipinski definition) is 3. The van der Waals surface area contributed by atoms with E-state index in [4.69, 9.17) is 5.73 Å². The number of aliphatic imine (C=N–C) groups is 1. The Labute approximate surface area is 93.1 Å². The molecule has 0 atom stereocenters. The van der Waals surface area contributed by atoms with Crippen LogP contribution in [0.1, 0.15) is 13.3 Å². The second kappa shape index (κ2) is 9.73. The predicted octanol–water partition coefficient (Wildman–Crippen LogP) is -0.548. The van der Waals surface area contributed by atoms with Gasteiger partial charge in [0, 0.05) is 26.2 Å². The van der Waals surface area contributed by atoms with Crippen LogP contribution >= 0.6 is 0 Å². The summed E-state index contributed by atoms with van der Waals surface area (Å²) in [6.07, 6.45) is 1.11. The van der Waals surface area contributed by atoms with Crippen molar-refractivity contribution < 1.29 is 0 Å². The van der Waals surface area contributed by atoms with E-state index in [0.29, 0.717) is 6.54 Å². The molecule has 5 nitrogen and oxygen atoms in total. The second-order valence-electron chi connectivity index (χ2n) is 3.62. The number of nitrogens with two attached hydrogens (primary N) is 1. The van der Waals surface area contributed by atoms with Gasteiger partial charge >= 0.3 is 0 Å². The van der Waals surface area contributed by atoms with E-state index in [1.165, 1.54) is 0 Å². The van der Waals surface area contributed by atoms with Crippen LogP contribution in [0.4, 0.5) is 0 Å². The maximum Gasteiger partial charge on any atom is 0.191 e. The summed E-state index contributed by atoms with van der Waals surface area (Å²) in [6.45, 7) is 6.22. The zero-order valence-electron chi connectivity index (χ0n) is 10.2. The van der Waals surface area contributed by atoms with Gasteiger partial charge in [0.05, 0.1) is 0 Å². The normalized spacial score (nSPS) is 11.9. The third kappa shape index (κ3) is 9.49. The number of hydrogen-bond donors (Lipinski definition) is 3. The summed E-state index contributed by atoms with van der Waals surface area (Å²) in [5, 5.41) is 6.43. The lowest BCUT2D eigenvalue weighted by Crippen LogP contribution is -2.40. The SMILES string of the molecule is CC/N=C(\NCCN)NCCCN(C)C. The molecule has 0 aliphatic heterocycles. The van der Waals surface area contributed by atoms with Gasteiger partial charge in [0.15, 0.2) is 5.96 Å². The molecule has 90 valence electrons. The average molecular weight is 215 g/mol. The molecule has 0 spiro atoms. The van der Waals surface area contributed by atoms with Gasteiger partial charge in [-0.25, -0.2) is 0 Å². The van der Waals surface area contributed by atoms with Crippen LogP contribution in [0.2, 0.25) is 0 Å². The third-order valence-corrected chi connectivity index (χ3v) is 1.83. The van der Waals surface area contributed by atoms with E-state index in [0.717, 1.165) is 38.6 Å². The molecule has 0 aromatic rings. The molecule has 0 radical (unpaired) electrons. The number of guanidine groups is 1. The predicted molar refractivity (Wildman–Crippen MR) is 66.2 cm³/mol. The van der Waals surface area contributed by atoms with Crippen molar-refractivity contribution in [2.24, 2.45) is 10.7 Å². The lowest BCUT2D eigenvalue weighted by molar-refractivity contribution is 0.399. The zero-order chi connectivity index (χ0) is 11.5. The van der Waals surface area contributed by atoms with Gasteiger partial charge in [-0.05, 0) is 34.0 Å². The molecular formula is C10H25N5. The van der Waals surface area contributed by atoms with Crippen molar-refractivity contribution >= 4 is 5.96 Å². The Hall–Kier alpha value is -0.810. The van der Waals surface area contributed by atoms with Crippen LogP contribution in [0, 0.1) is 0 Å². The van der Waals surface area contributed by atoms with Crippen molar-refractivity contribution in [3.05, 3.63) is 0 Å². The molecule has 0 aromatic carbocycles. The maximum absolute atomic E-state index is 5.42. The molecule has 0 heterocycles. The van der Waals surface area contributed by atoms with Crippen molar-refractivity contribution in [2.75, 3.05) is 46.8 Å². The lowest BCUT2D eigenvalue weighted by Gasteiger charge is -2.13. The van der Waals surface area contributed by atoms with Gasteiger partial charge in [-0.2, -0.15) is 0 Å². The molecule has 0 bridgehead atoms. The first kappa shape index (κ1) is 14.2. The minimum Gasteiger partial charge on any atom is -0.356 e. The molecule has 0 unspecified atom stereocenters. The van der Waals surface area contributed by atoms with Crippen molar-refractivity contribution in [1.82, 2.24) is 15.5 Å². The van der Waals surface area contributed by atoms with Gasteiger partial charge in [0.2, 0.25) is 0 Å². The molecule has 5 heteroatoms. The van der Waals surface area contributed by atoms with E-state index >= 15 is 0 Å². The third-order valence-electron chi connectivity index (χ3n) is 1.83. The molecule has 4 N–H and O–H groups in total. The molecule has 0 fully saturated rings. The van der Waals surface area contributed by atoms with Gasteiger partial charge in [-0.15, -0.1) is 0 Å². The van der Waals surface area contributed by atoms with Crippen molar-refractivity contribution in [2.45, 2.75) is 13.3 Å². The highest BCUT2D eigenvalue weighted by Gasteiger charge is 1.96. The van der Waals surface area contributed by atoms with Gasteiger partial charge in [-0.3, -0.25) is 4.99 Å². The first-order valence-electron chi connectivity index (χ1n) is 5.57. The van der Waals surface area contributed by atoms with E-state index in [9.17, 15) is 0 Å². The summed E-state index contributed by atoms with van der Waals surface area (Å²) in [5.74, 6) is 0.863. The summed E-state index contributed by atoms with van der Waals surface area (Å²) >= 11 is 0. The topological polar surface area (TPSA) is 65.7 Å². The Balaban J connectivity index is 3.62. The number of nitrogens with one attached hydrogen (secondary N) is 2. The van der Waals surface area contributed by atoms with Crippen LogP contribution in [0.25, 0.3) is 0 Å². The molecule has 0 saturated carbocycles. The number of nitrogens with zero attached hydrogens (tertiary/aromatic N) is 2. The Morgan fingerprint density at radius 1 is 1.27 bits per heavy atom. The van der Waals surface area contributed by atoms with Crippen molar-refractivity contribution in [3.63, 3.8) is 0 Å². The van der Waals surface area contributed by atoms with Gasteiger partial charge < -0.3 is 21.3 Å². The van der Waals surface area contributed by atoms with Crippen LogP contribution in [0.3, 0.4) is 0 Å². The van der Waals surface area contributed by atoms with E-state index in [-0.39, 0.29) is 0 Å². The van der Waals surface area contributed by atoms with Crippen LogP contribution in [-0.2, 0) is 0 Å². The fourth-order valence-electron chi connectivity index (χ4n) is 1.13. The highest BCUT2D eigenvalue weighted by molar-refractivity contribution is 5.79. The Morgan fingerprint density at radius 2 is 1.93 bits per heavy atom. The molecular weight excluding hydrogens is 190 g/mol. The summed E-state index contributed by atoms with van der Waals surface area (Å²) in [4.78, 5) is 6.48. The Morgan fingerprint density at radius 3 is 2.47 bits per heavy atom. The fraction of sp³-hybridized carbons (Fsp3) is 0.900. The van der Waals surface area contributed by atoms with Gasteiger partial charge in [0.25, 0.3) is 0 Å². The summed E-state index contributed by atoms with van der Waals surface area (Å²) in [7, 11) is 4.15. The van der Waals surface area contributed by atoms with E-state index in [1.54, 1.807) is 0 Å². The highest BCUT2D eigenvalue weighted by Crippen LogP contribution is 1.81. The number of rotatable bonds is 7. The molecule has 0 saturated heterocycles. The van der Waals surface area contributed by atoms with Crippen LogP contribution < -0.4 is 16.4 Å². The standard InChI is InChI=1S/C10H25N5/c1-4-12-10(14-8-6-11)13-7-5-9-15(2)3/h4-9,11H2,1-3H3,(H2,12,13,14). The monoisotopic (exact) mass is 215 g/mol. The first-order chi connectivity index (χ1) is 7.20. The molecule has 15 heavy (non-hydrogen) atoms. The summed E-state index contributed by atoms with van der Waals surface area (Å²) in [5.41, 5.74) is 5.42. The lowest BCUT2D eigenvalue weighted by atomic mass is 10.4. The van der Waals surface area contributed by atoms with E-state index in [2.05, 4.69) is 34.6 Å². The molecule has 0 aliphatic rings. The van der Waals surface area contributed by atoms with E-state index < -0.39 is 0 Å². The van der Waals surface area contributed by atoms with Gasteiger partial charge in [0.1, 0.15) is 0 Å². The Bertz CT molecular complexity index is 167. The quantitative estimate of drug-likeness (QED) is 0.303. The Kier molecular flexibility index (Phi) is 9.21. The molecule has 0 aliphatic carbocycles. The molecule has 0 amide bonds. The minimum atomic E-state index is 0.627. The maximum atomic E-state index is 5.42. The van der Waals surface area contributed by atoms with Crippen molar-refractivity contribution in [1.29, 1.82) is 0 Å². The second-order valence-corrected chi connectivity index (χ2v) is 3.62. The largest absolute Gasteiger partial charge is 0.356 e. The van der Waals surface area contributed by atoms with Crippen LogP contribution in [0.15, 0.2) is 4.99 Å². The smallest absolute Gasteiger partial charge is 0.191 e. The fourth-order valence-corrected chi connectivity index (χ4v) is 1.13. The van der Waals surface area contributed by atoms with Crippen LogP contribution in [-0.4, -0.2) is 57.7 Å². The minimum absolute atomic E-state index is 0.627. The van der Waals surface area contributed by atoms with Gasteiger partial charge in [-0.1, -0.05) is 0 Å². The summed E-state index contributed by atoms with van der Waals surface area (Å²) < 4.78 is 0. The zero-order valence-corrected chi connectivity index (χ0v) is 10.2.